The second-order valence-corrected chi connectivity index (χ2v) is 6.38. The molecule has 1 N–H and O–H groups in total. The predicted molar refractivity (Wildman–Crippen MR) is 87.5 cm³/mol. The van der Waals surface area contributed by atoms with Crippen molar-refractivity contribution < 1.29 is 9.47 Å². The van der Waals surface area contributed by atoms with Gasteiger partial charge in [-0.15, -0.1) is 0 Å². The van der Waals surface area contributed by atoms with E-state index in [-0.39, 0.29) is 6.10 Å². The zero-order chi connectivity index (χ0) is 15.2. The number of halogens is 1. The fourth-order valence-electron chi connectivity index (χ4n) is 2.78. The van der Waals surface area contributed by atoms with Crippen LogP contribution in [0.15, 0.2) is 12.1 Å². The zero-order valence-electron chi connectivity index (χ0n) is 13.2. The first-order valence-electron chi connectivity index (χ1n) is 7.86. The largest absolute Gasteiger partial charge is 0.493 e. The van der Waals surface area contributed by atoms with Crippen molar-refractivity contribution in [3.05, 3.63) is 22.7 Å². The molecule has 118 valence electrons. The van der Waals surface area contributed by atoms with Crippen LogP contribution in [0.2, 0.25) is 5.02 Å². The lowest BCUT2D eigenvalue weighted by atomic mass is 9.95. The third-order valence-corrected chi connectivity index (χ3v) is 4.23. The number of rotatable bonds is 6. The van der Waals surface area contributed by atoms with Crippen LogP contribution in [-0.2, 0) is 6.54 Å². The van der Waals surface area contributed by atoms with Gasteiger partial charge in [-0.25, -0.2) is 0 Å². The van der Waals surface area contributed by atoms with Gasteiger partial charge in [-0.05, 0) is 38.3 Å². The minimum atomic E-state index is 0.0983. The Morgan fingerprint density at radius 3 is 2.52 bits per heavy atom. The molecule has 0 radical (unpaired) electrons. The standard InChI is InChI=1S/C17H26ClNO2/c1-12(2)21-17-10-15(18)13(9-16(17)20-3)11-19-14-7-5-4-6-8-14/h9-10,12,14,19H,4-8,11H2,1-3H3. The van der Waals surface area contributed by atoms with Gasteiger partial charge in [-0.1, -0.05) is 30.9 Å². The summed E-state index contributed by atoms with van der Waals surface area (Å²) in [6, 6.07) is 4.46. The van der Waals surface area contributed by atoms with Crippen molar-refractivity contribution in [2.45, 2.75) is 64.6 Å². The summed E-state index contributed by atoms with van der Waals surface area (Å²) in [4.78, 5) is 0. The van der Waals surface area contributed by atoms with Crippen molar-refractivity contribution in [2.75, 3.05) is 7.11 Å². The Bertz CT molecular complexity index is 456. The lowest BCUT2D eigenvalue weighted by Gasteiger charge is -2.23. The van der Waals surface area contributed by atoms with E-state index < -0.39 is 0 Å². The fourth-order valence-corrected chi connectivity index (χ4v) is 3.00. The molecule has 0 heterocycles. The van der Waals surface area contributed by atoms with Crippen LogP contribution in [0.1, 0.15) is 51.5 Å². The molecule has 1 aliphatic rings. The van der Waals surface area contributed by atoms with Crippen LogP contribution in [0.25, 0.3) is 0 Å². The Balaban J connectivity index is 2.04. The van der Waals surface area contributed by atoms with E-state index in [2.05, 4.69) is 5.32 Å². The summed E-state index contributed by atoms with van der Waals surface area (Å²) >= 11 is 6.38. The molecule has 0 unspecified atom stereocenters. The molecule has 21 heavy (non-hydrogen) atoms. The number of hydrogen-bond acceptors (Lipinski definition) is 3. The Morgan fingerprint density at radius 2 is 1.90 bits per heavy atom. The predicted octanol–water partition coefficient (Wildman–Crippen LogP) is 4.56. The fraction of sp³-hybridized carbons (Fsp3) is 0.647. The van der Waals surface area contributed by atoms with Crippen LogP contribution in [0.4, 0.5) is 0 Å². The van der Waals surface area contributed by atoms with E-state index in [0.717, 1.165) is 22.9 Å². The van der Waals surface area contributed by atoms with Crippen molar-refractivity contribution >= 4 is 11.6 Å². The molecule has 1 saturated carbocycles. The summed E-state index contributed by atoms with van der Waals surface area (Å²) < 4.78 is 11.2. The van der Waals surface area contributed by atoms with Gasteiger partial charge in [0.25, 0.3) is 0 Å². The van der Waals surface area contributed by atoms with Gasteiger partial charge in [0.2, 0.25) is 0 Å². The number of methoxy groups -OCH3 is 1. The summed E-state index contributed by atoms with van der Waals surface area (Å²) in [5, 5.41) is 4.34. The highest BCUT2D eigenvalue weighted by Crippen LogP contribution is 2.34. The maximum atomic E-state index is 6.38. The summed E-state index contributed by atoms with van der Waals surface area (Å²) in [5.41, 5.74) is 1.06. The molecule has 2 rings (SSSR count). The third kappa shape index (κ3) is 4.79. The van der Waals surface area contributed by atoms with Crippen molar-refractivity contribution in [1.82, 2.24) is 5.32 Å². The third-order valence-electron chi connectivity index (χ3n) is 3.88. The molecule has 1 aliphatic carbocycles. The van der Waals surface area contributed by atoms with Gasteiger partial charge in [-0.3, -0.25) is 0 Å². The average molecular weight is 312 g/mol. The van der Waals surface area contributed by atoms with Gasteiger partial charge in [0, 0.05) is 23.7 Å². The van der Waals surface area contributed by atoms with E-state index in [4.69, 9.17) is 21.1 Å². The summed E-state index contributed by atoms with van der Waals surface area (Å²) in [6.45, 7) is 4.76. The first-order valence-corrected chi connectivity index (χ1v) is 8.24. The van der Waals surface area contributed by atoms with Crippen molar-refractivity contribution in [1.29, 1.82) is 0 Å². The molecule has 3 nitrogen and oxygen atoms in total. The Kier molecular flexibility index (Phi) is 6.19. The normalized spacial score (nSPS) is 16.2. The first kappa shape index (κ1) is 16.4. The molecule has 1 aromatic carbocycles. The highest BCUT2D eigenvalue weighted by molar-refractivity contribution is 6.31. The van der Waals surface area contributed by atoms with E-state index in [1.807, 2.05) is 26.0 Å². The molecule has 0 spiro atoms. The number of benzene rings is 1. The van der Waals surface area contributed by atoms with Crippen LogP contribution in [0, 0.1) is 0 Å². The molecule has 0 aromatic heterocycles. The minimum absolute atomic E-state index is 0.0983. The Hall–Kier alpha value is -0.930. The quantitative estimate of drug-likeness (QED) is 0.835. The topological polar surface area (TPSA) is 30.5 Å². The molecule has 4 heteroatoms. The lowest BCUT2D eigenvalue weighted by Crippen LogP contribution is -2.30. The molecule has 0 saturated heterocycles. The van der Waals surface area contributed by atoms with Crippen molar-refractivity contribution in [3.8, 4) is 11.5 Å². The zero-order valence-corrected chi connectivity index (χ0v) is 14.0. The maximum absolute atomic E-state index is 6.38. The number of hydrogen-bond donors (Lipinski definition) is 1. The monoisotopic (exact) mass is 311 g/mol. The van der Waals surface area contributed by atoms with Gasteiger partial charge in [0.1, 0.15) is 0 Å². The van der Waals surface area contributed by atoms with E-state index in [9.17, 15) is 0 Å². The molecule has 1 fully saturated rings. The van der Waals surface area contributed by atoms with Crippen LogP contribution >= 0.6 is 11.6 Å². The smallest absolute Gasteiger partial charge is 0.163 e. The van der Waals surface area contributed by atoms with E-state index in [1.54, 1.807) is 7.11 Å². The molecular weight excluding hydrogens is 286 g/mol. The molecule has 0 atom stereocenters. The first-order chi connectivity index (χ1) is 10.1. The Labute approximate surface area is 133 Å². The molecular formula is C17H26ClNO2. The van der Waals surface area contributed by atoms with Gasteiger partial charge in [-0.2, -0.15) is 0 Å². The second kappa shape index (κ2) is 7.90. The molecule has 0 bridgehead atoms. The van der Waals surface area contributed by atoms with Crippen LogP contribution in [-0.4, -0.2) is 19.3 Å². The molecule has 0 aliphatic heterocycles. The van der Waals surface area contributed by atoms with E-state index >= 15 is 0 Å². The van der Waals surface area contributed by atoms with Gasteiger partial charge in [0.15, 0.2) is 11.5 Å². The minimum Gasteiger partial charge on any atom is -0.493 e. The van der Waals surface area contributed by atoms with Crippen molar-refractivity contribution in [3.63, 3.8) is 0 Å². The van der Waals surface area contributed by atoms with Gasteiger partial charge in [0.05, 0.1) is 13.2 Å². The van der Waals surface area contributed by atoms with Crippen molar-refractivity contribution in [2.24, 2.45) is 0 Å². The maximum Gasteiger partial charge on any atom is 0.163 e. The van der Waals surface area contributed by atoms with Crippen LogP contribution in [0.5, 0.6) is 11.5 Å². The second-order valence-electron chi connectivity index (χ2n) is 5.98. The summed E-state index contributed by atoms with van der Waals surface area (Å²) in [7, 11) is 1.66. The van der Waals surface area contributed by atoms with E-state index in [0.29, 0.717) is 11.8 Å². The van der Waals surface area contributed by atoms with E-state index in [1.165, 1.54) is 32.1 Å². The van der Waals surface area contributed by atoms with Gasteiger partial charge < -0.3 is 14.8 Å². The number of ether oxygens (including phenoxy) is 2. The summed E-state index contributed by atoms with van der Waals surface area (Å²) in [5.74, 6) is 1.45. The lowest BCUT2D eigenvalue weighted by molar-refractivity contribution is 0.230. The van der Waals surface area contributed by atoms with Crippen LogP contribution in [0.3, 0.4) is 0 Å². The highest BCUT2D eigenvalue weighted by Gasteiger charge is 2.15. The Morgan fingerprint density at radius 1 is 1.19 bits per heavy atom. The SMILES string of the molecule is COc1cc(CNC2CCCCC2)c(Cl)cc1OC(C)C. The van der Waals surface area contributed by atoms with Crippen LogP contribution < -0.4 is 14.8 Å². The molecule has 0 amide bonds. The average Bonchev–Trinajstić information content (AvgIpc) is 2.47. The summed E-state index contributed by atoms with van der Waals surface area (Å²) in [6.07, 6.45) is 6.66. The van der Waals surface area contributed by atoms with Gasteiger partial charge >= 0.3 is 0 Å². The molecule has 1 aromatic rings. The highest BCUT2D eigenvalue weighted by atomic mass is 35.5. The number of nitrogens with one attached hydrogen (secondary N) is 1.